The zero-order valence-corrected chi connectivity index (χ0v) is 6.67. The van der Waals surface area contributed by atoms with Crippen LogP contribution in [0.1, 0.15) is 33.1 Å². The molecule has 0 N–H and O–H groups in total. The summed E-state index contributed by atoms with van der Waals surface area (Å²) in [5.74, 6) is 0. The first kappa shape index (κ1) is 7.40. The van der Waals surface area contributed by atoms with Gasteiger partial charge in [0.25, 0.3) is 0 Å². The maximum atomic E-state index is 8.71. The van der Waals surface area contributed by atoms with Crippen molar-refractivity contribution in [3.63, 3.8) is 0 Å². The van der Waals surface area contributed by atoms with E-state index in [9.17, 15) is 0 Å². The average molecular weight is 138 g/mol. The molecule has 2 nitrogen and oxygen atoms in total. The normalized spacial score (nSPS) is 33.5. The Morgan fingerprint density at radius 1 is 1.30 bits per heavy atom. The van der Waals surface area contributed by atoms with Crippen molar-refractivity contribution in [1.29, 1.82) is 5.26 Å². The number of likely N-dealkylation sites (tertiary alicyclic amines) is 1. The molecule has 2 atom stereocenters. The molecule has 0 radical (unpaired) electrons. The van der Waals surface area contributed by atoms with Gasteiger partial charge in [-0.2, -0.15) is 5.26 Å². The molecule has 10 heavy (non-hydrogen) atoms. The summed E-state index contributed by atoms with van der Waals surface area (Å²) < 4.78 is 0. The zero-order chi connectivity index (χ0) is 7.56. The third kappa shape index (κ3) is 1.23. The minimum absolute atomic E-state index is 0.466. The van der Waals surface area contributed by atoms with Gasteiger partial charge in [0.2, 0.25) is 0 Å². The largest absolute Gasteiger partial charge is 0.305 e. The number of rotatable bonds is 0. The summed E-state index contributed by atoms with van der Waals surface area (Å²) in [5, 5.41) is 8.71. The molecule has 0 saturated carbocycles. The molecule has 1 aliphatic rings. The van der Waals surface area contributed by atoms with Crippen LogP contribution in [0, 0.1) is 11.5 Å². The lowest BCUT2D eigenvalue weighted by Gasteiger charge is -2.34. The van der Waals surface area contributed by atoms with Crippen LogP contribution >= 0.6 is 0 Å². The van der Waals surface area contributed by atoms with Gasteiger partial charge < -0.3 is 4.90 Å². The number of piperidine rings is 1. The van der Waals surface area contributed by atoms with Crippen molar-refractivity contribution >= 4 is 0 Å². The van der Waals surface area contributed by atoms with Crippen LogP contribution in [0.3, 0.4) is 0 Å². The molecule has 0 aliphatic carbocycles. The summed E-state index contributed by atoms with van der Waals surface area (Å²) in [6.07, 6.45) is 5.87. The standard InChI is InChI=1S/C8H14N2/c1-7-4-3-5-8(2)10(7)6-9/h7-8H,3-5H2,1-2H3/t7-,8+. The van der Waals surface area contributed by atoms with Gasteiger partial charge in [-0.05, 0) is 33.1 Å². The first-order valence-corrected chi connectivity index (χ1v) is 3.93. The summed E-state index contributed by atoms with van der Waals surface area (Å²) in [6.45, 7) is 4.25. The van der Waals surface area contributed by atoms with Gasteiger partial charge >= 0.3 is 0 Å². The molecule has 1 heterocycles. The molecule has 1 saturated heterocycles. The van der Waals surface area contributed by atoms with E-state index in [1.807, 2.05) is 4.90 Å². The summed E-state index contributed by atoms with van der Waals surface area (Å²) in [5.41, 5.74) is 0. The third-order valence-electron chi connectivity index (χ3n) is 2.31. The molecule has 0 aromatic heterocycles. The quantitative estimate of drug-likeness (QED) is 0.477. The van der Waals surface area contributed by atoms with Gasteiger partial charge in [0, 0.05) is 12.1 Å². The summed E-state index contributed by atoms with van der Waals surface area (Å²) >= 11 is 0. The molecule has 56 valence electrons. The molecule has 0 bridgehead atoms. The Morgan fingerprint density at radius 3 is 2.10 bits per heavy atom. The van der Waals surface area contributed by atoms with Crippen LogP contribution < -0.4 is 0 Å². The van der Waals surface area contributed by atoms with Gasteiger partial charge in [-0.1, -0.05) is 0 Å². The predicted molar refractivity (Wildman–Crippen MR) is 40.2 cm³/mol. The van der Waals surface area contributed by atoms with Crippen molar-refractivity contribution in [2.45, 2.75) is 45.2 Å². The van der Waals surface area contributed by atoms with E-state index >= 15 is 0 Å². The van der Waals surface area contributed by atoms with Crippen molar-refractivity contribution < 1.29 is 0 Å². The van der Waals surface area contributed by atoms with Crippen LogP contribution in [-0.4, -0.2) is 17.0 Å². The van der Waals surface area contributed by atoms with Gasteiger partial charge in [-0.3, -0.25) is 0 Å². The van der Waals surface area contributed by atoms with Crippen molar-refractivity contribution in [2.24, 2.45) is 0 Å². The van der Waals surface area contributed by atoms with E-state index in [-0.39, 0.29) is 0 Å². The van der Waals surface area contributed by atoms with E-state index in [4.69, 9.17) is 5.26 Å². The number of nitriles is 1. The topological polar surface area (TPSA) is 27.0 Å². The van der Waals surface area contributed by atoms with Crippen LogP contribution in [0.15, 0.2) is 0 Å². The highest BCUT2D eigenvalue weighted by molar-refractivity contribution is 4.87. The van der Waals surface area contributed by atoms with Crippen LogP contribution in [-0.2, 0) is 0 Å². The van der Waals surface area contributed by atoms with E-state index in [0.29, 0.717) is 12.1 Å². The molecule has 0 spiro atoms. The van der Waals surface area contributed by atoms with E-state index in [2.05, 4.69) is 20.0 Å². The molecule has 0 aromatic carbocycles. The second kappa shape index (κ2) is 2.92. The Morgan fingerprint density at radius 2 is 1.80 bits per heavy atom. The molecule has 0 amide bonds. The lowest BCUT2D eigenvalue weighted by Crippen LogP contribution is -2.39. The Bertz CT molecular complexity index is 138. The number of hydrogen-bond donors (Lipinski definition) is 0. The smallest absolute Gasteiger partial charge is 0.179 e. The highest BCUT2D eigenvalue weighted by Crippen LogP contribution is 2.20. The SMILES string of the molecule is C[C@@H]1CCC[C@H](C)N1C#N. The van der Waals surface area contributed by atoms with Gasteiger partial charge in [0.15, 0.2) is 6.19 Å². The minimum atomic E-state index is 0.466. The molecule has 0 aromatic rings. The van der Waals surface area contributed by atoms with Gasteiger partial charge in [-0.25, -0.2) is 0 Å². The fourth-order valence-electron chi connectivity index (χ4n) is 1.62. The zero-order valence-electron chi connectivity index (χ0n) is 6.67. The second-order valence-electron chi connectivity index (χ2n) is 3.14. The van der Waals surface area contributed by atoms with E-state index in [1.54, 1.807) is 0 Å². The Balaban J connectivity index is 2.56. The molecule has 2 heteroatoms. The van der Waals surface area contributed by atoms with Crippen LogP contribution in [0.5, 0.6) is 0 Å². The Labute approximate surface area is 62.4 Å². The molecule has 1 rings (SSSR count). The molecule has 1 aliphatic heterocycles. The summed E-state index contributed by atoms with van der Waals surface area (Å²) in [4.78, 5) is 1.91. The highest BCUT2D eigenvalue weighted by Gasteiger charge is 2.22. The lowest BCUT2D eigenvalue weighted by molar-refractivity contribution is 0.174. The lowest BCUT2D eigenvalue weighted by atomic mass is 9.99. The molecular weight excluding hydrogens is 124 g/mol. The van der Waals surface area contributed by atoms with Gasteiger partial charge in [-0.15, -0.1) is 0 Å². The van der Waals surface area contributed by atoms with Crippen molar-refractivity contribution in [3.8, 4) is 6.19 Å². The fourth-order valence-corrected chi connectivity index (χ4v) is 1.62. The van der Waals surface area contributed by atoms with E-state index in [0.717, 1.165) is 0 Å². The van der Waals surface area contributed by atoms with E-state index < -0.39 is 0 Å². The third-order valence-corrected chi connectivity index (χ3v) is 2.31. The van der Waals surface area contributed by atoms with Gasteiger partial charge in [0.1, 0.15) is 0 Å². The molecular formula is C8H14N2. The first-order chi connectivity index (χ1) is 4.75. The van der Waals surface area contributed by atoms with Crippen LogP contribution in [0.25, 0.3) is 0 Å². The highest BCUT2D eigenvalue weighted by atomic mass is 15.2. The van der Waals surface area contributed by atoms with E-state index in [1.165, 1.54) is 19.3 Å². The van der Waals surface area contributed by atoms with Crippen molar-refractivity contribution in [1.82, 2.24) is 4.90 Å². The Hall–Kier alpha value is -0.710. The summed E-state index contributed by atoms with van der Waals surface area (Å²) in [7, 11) is 0. The average Bonchev–Trinajstić information content (AvgIpc) is 1.88. The van der Waals surface area contributed by atoms with Crippen LogP contribution in [0.4, 0.5) is 0 Å². The maximum absolute atomic E-state index is 8.71. The number of nitrogens with zero attached hydrogens (tertiary/aromatic N) is 2. The summed E-state index contributed by atoms with van der Waals surface area (Å²) in [6, 6.07) is 0.933. The van der Waals surface area contributed by atoms with Crippen molar-refractivity contribution in [3.05, 3.63) is 0 Å². The van der Waals surface area contributed by atoms with Gasteiger partial charge in [0.05, 0.1) is 0 Å². The van der Waals surface area contributed by atoms with Crippen LogP contribution in [0.2, 0.25) is 0 Å². The number of hydrogen-bond acceptors (Lipinski definition) is 2. The molecule has 1 fully saturated rings. The predicted octanol–water partition coefficient (Wildman–Crippen LogP) is 1.73. The fraction of sp³-hybridized carbons (Fsp3) is 0.875. The Kier molecular flexibility index (Phi) is 2.16. The minimum Gasteiger partial charge on any atom is -0.305 e. The first-order valence-electron chi connectivity index (χ1n) is 3.93. The van der Waals surface area contributed by atoms with Crippen molar-refractivity contribution in [2.75, 3.05) is 0 Å². The molecule has 0 unspecified atom stereocenters. The maximum Gasteiger partial charge on any atom is 0.179 e. The monoisotopic (exact) mass is 138 g/mol. The second-order valence-corrected chi connectivity index (χ2v) is 3.14.